The Balaban J connectivity index is 2.29. The molecule has 0 amide bonds. The van der Waals surface area contributed by atoms with Gasteiger partial charge in [-0.3, -0.25) is 0 Å². The Morgan fingerprint density at radius 1 is 1.44 bits per heavy atom. The van der Waals surface area contributed by atoms with E-state index in [1.807, 2.05) is 35.8 Å². The zero-order chi connectivity index (χ0) is 13.3. The van der Waals surface area contributed by atoms with Crippen molar-refractivity contribution in [2.75, 3.05) is 5.75 Å². The van der Waals surface area contributed by atoms with Gasteiger partial charge in [0, 0.05) is 13.0 Å². The predicted molar refractivity (Wildman–Crippen MR) is 67.3 cm³/mol. The predicted octanol–water partition coefficient (Wildman–Crippen LogP) is 0.403. The Kier molecular flexibility index (Phi) is 3.67. The van der Waals surface area contributed by atoms with Gasteiger partial charge < -0.3 is 9.66 Å². The fraction of sp³-hybridized carbons (Fsp3) is 0.364. The van der Waals surface area contributed by atoms with Crippen LogP contribution in [-0.4, -0.2) is 29.9 Å². The maximum Gasteiger partial charge on any atom is 0.235 e. The SMILES string of the molecule is Cc1sc2ccccc2[n+]1C[C@@H](O)CS(=O)(=O)[O-]. The second kappa shape index (κ2) is 4.93. The number of aryl methyl sites for hydroxylation is 1. The van der Waals surface area contributed by atoms with E-state index in [4.69, 9.17) is 0 Å². The van der Waals surface area contributed by atoms with Crippen LogP contribution in [-0.2, 0) is 16.7 Å². The first kappa shape index (κ1) is 13.4. The van der Waals surface area contributed by atoms with Crippen LogP contribution in [0.2, 0.25) is 0 Å². The normalized spacial score (nSPS) is 13.9. The molecule has 18 heavy (non-hydrogen) atoms. The van der Waals surface area contributed by atoms with E-state index in [0.717, 1.165) is 15.2 Å². The summed E-state index contributed by atoms with van der Waals surface area (Å²) in [7, 11) is -4.40. The molecule has 1 N–H and O–H groups in total. The number of aromatic nitrogens is 1. The third kappa shape index (κ3) is 3.05. The molecule has 5 nitrogen and oxygen atoms in total. The number of benzene rings is 1. The van der Waals surface area contributed by atoms with Crippen LogP contribution in [0.5, 0.6) is 0 Å². The highest BCUT2D eigenvalue weighted by atomic mass is 32.2. The molecular weight excluding hydrogens is 274 g/mol. The molecule has 1 aromatic heterocycles. The van der Waals surface area contributed by atoms with Crippen molar-refractivity contribution >= 4 is 31.7 Å². The van der Waals surface area contributed by atoms with Gasteiger partial charge in [0.2, 0.25) is 10.5 Å². The van der Waals surface area contributed by atoms with Crippen molar-refractivity contribution in [3.63, 3.8) is 0 Å². The molecule has 0 aliphatic carbocycles. The minimum atomic E-state index is -4.40. The summed E-state index contributed by atoms with van der Waals surface area (Å²) in [6.07, 6.45) is -1.19. The lowest BCUT2D eigenvalue weighted by Crippen LogP contribution is -2.43. The number of hydrogen-bond donors (Lipinski definition) is 1. The molecule has 2 aromatic rings. The molecule has 1 heterocycles. The first-order valence-corrected chi connectivity index (χ1v) is 7.76. The highest BCUT2D eigenvalue weighted by Crippen LogP contribution is 2.19. The molecule has 1 atom stereocenters. The van der Waals surface area contributed by atoms with E-state index >= 15 is 0 Å². The van der Waals surface area contributed by atoms with Crippen molar-refractivity contribution in [3.8, 4) is 0 Å². The van der Waals surface area contributed by atoms with Gasteiger partial charge >= 0.3 is 0 Å². The van der Waals surface area contributed by atoms with Gasteiger partial charge in [0.05, 0.1) is 15.9 Å². The van der Waals surface area contributed by atoms with Crippen LogP contribution in [0.3, 0.4) is 0 Å². The first-order chi connectivity index (χ1) is 8.37. The molecule has 0 spiro atoms. The van der Waals surface area contributed by atoms with E-state index in [0.29, 0.717) is 0 Å². The first-order valence-electron chi connectivity index (χ1n) is 5.36. The summed E-state index contributed by atoms with van der Waals surface area (Å²) >= 11 is 1.56. The topological polar surface area (TPSA) is 81.3 Å². The molecular formula is C11H13NO4S2. The molecule has 0 radical (unpaired) electrons. The summed E-state index contributed by atoms with van der Waals surface area (Å²) in [4.78, 5) is 0. The Morgan fingerprint density at radius 2 is 2.11 bits per heavy atom. The molecule has 98 valence electrons. The van der Waals surface area contributed by atoms with Gasteiger partial charge in [0.15, 0.2) is 6.54 Å². The third-order valence-electron chi connectivity index (χ3n) is 2.58. The Labute approximate surface area is 109 Å². The van der Waals surface area contributed by atoms with Crippen LogP contribution >= 0.6 is 11.3 Å². The maximum atomic E-state index is 10.6. The molecule has 0 unspecified atom stereocenters. The van der Waals surface area contributed by atoms with Gasteiger partial charge in [-0.15, -0.1) is 0 Å². The summed E-state index contributed by atoms with van der Waals surface area (Å²) < 4.78 is 34.7. The highest BCUT2D eigenvalue weighted by molar-refractivity contribution is 7.85. The monoisotopic (exact) mass is 287 g/mol. The molecule has 0 saturated carbocycles. The Bertz CT molecular complexity index is 663. The van der Waals surface area contributed by atoms with Crippen molar-refractivity contribution < 1.29 is 22.6 Å². The van der Waals surface area contributed by atoms with Gasteiger partial charge in [-0.1, -0.05) is 23.5 Å². The van der Waals surface area contributed by atoms with Crippen LogP contribution in [0.1, 0.15) is 5.01 Å². The summed E-state index contributed by atoms with van der Waals surface area (Å²) in [6.45, 7) is 2.00. The van der Waals surface area contributed by atoms with Gasteiger partial charge in [0.1, 0.15) is 10.8 Å². The summed E-state index contributed by atoms with van der Waals surface area (Å²) in [5.41, 5.74) is 0.933. The standard InChI is InChI=1S/C11H13NO4S2/c1-8-12(6-9(13)7-18(14,15)16)10-4-2-3-5-11(10)17-8/h2-5,9,13H,6-7H2,1H3/t9-/m1/s1. The average Bonchev–Trinajstić information content (AvgIpc) is 2.53. The largest absolute Gasteiger partial charge is 0.748 e. The summed E-state index contributed by atoms with van der Waals surface area (Å²) in [5, 5.41) is 10.6. The smallest absolute Gasteiger partial charge is 0.235 e. The van der Waals surface area contributed by atoms with Gasteiger partial charge in [-0.05, 0) is 6.07 Å². The van der Waals surface area contributed by atoms with E-state index in [2.05, 4.69) is 0 Å². The van der Waals surface area contributed by atoms with Crippen LogP contribution in [0.25, 0.3) is 10.2 Å². The van der Waals surface area contributed by atoms with Crippen molar-refractivity contribution in [3.05, 3.63) is 29.3 Å². The minimum absolute atomic E-state index is 0.108. The zero-order valence-corrected chi connectivity index (χ0v) is 11.4. The number of hydrogen-bond acceptors (Lipinski definition) is 5. The van der Waals surface area contributed by atoms with Crippen molar-refractivity contribution in [2.45, 2.75) is 19.6 Å². The maximum absolute atomic E-state index is 10.6. The van der Waals surface area contributed by atoms with E-state index in [1.54, 1.807) is 11.3 Å². The van der Waals surface area contributed by atoms with Gasteiger partial charge in [-0.25, -0.2) is 8.42 Å². The fourth-order valence-electron chi connectivity index (χ4n) is 1.88. The number of para-hydroxylation sites is 1. The minimum Gasteiger partial charge on any atom is -0.748 e. The lowest BCUT2D eigenvalue weighted by molar-refractivity contribution is -0.679. The summed E-state index contributed by atoms with van der Waals surface area (Å²) in [5.74, 6) is -0.760. The molecule has 0 bridgehead atoms. The number of fused-ring (bicyclic) bond motifs is 1. The lowest BCUT2D eigenvalue weighted by Gasteiger charge is -2.10. The molecule has 0 fully saturated rings. The van der Waals surface area contributed by atoms with E-state index in [1.165, 1.54) is 0 Å². The highest BCUT2D eigenvalue weighted by Gasteiger charge is 2.21. The third-order valence-corrected chi connectivity index (χ3v) is 4.46. The number of nitrogens with zero attached hydrogens (tertiary/aromatic N) is 1. The van der Waals surface area contributed by atoms with Crippen molar-refractivity contribution in [1.82, 2.24) is 0 Å². The molecule has 0 aliphatic rings. The van der Waals surface area contributed by atoms with E-state index in [9.17, 15) is 18.1 Å². The van der Waals surface area contributed by atoms with Crippen LogP contribution in [0.15, 0.2) is 24.3 Å². The molecule has 0 aliphatic heterocycles. The quantitative estimate of drug-likeness (QED) is 0.652. The van der Waals surface area contributed by atoms with E-state index in [-0.39, 0.29) is 6.54 Å². The second-order valence-corrected chi connectivity index (χ2v) is 6.76. The van der Waals surface area contributed by atoms with Crippen molar-refractivity contribution in [1.29, 1.82) is 0 Å². The zero-order valence-electron chi connectivity index (χ0n) is 9.74. The summed E-state index contributed by atoms with van der Waals surface area (Å²) in [6, 6.07) is 7.65. The Morgan fingerprint density at radius 3 is 2.78 bits per heavy atom. The van der Waals surface area contributed by atoms with Crippen LogP contribution < -0.4 is 4.57 Å². The van der Waals surface area contributed by atoms with E-state index < -0.39 is 22.0 Å². The van der Waals surface area contributed by atoms with Crippen LogP contribution in [0, 0.1) is 6.92 Å². The Hall–Kier alpha value is -1.02. The number of aliphatic hydroxyl groups is 1. The second-order valence-electron chi connectivity index (χ2n) is 4.08. The average molecular weight is 287 g/mol. The lowest BCUT2D eigenvalue weighted by atomic mass is 10.3. The van der Waals surface area contributed by atoms with Crippen LogP contribution in [0.4, 0.5) is 0 Å². The van der Waals surface area contributed by atoms with Gasteiger partial charge in [-0.2, -0.15) is 4.57 Å². The molecule has 1 aromatic carbocycles. The van der Waals surface area contributed by atoms with Crippen molar-refractivity contribution in [2.24, 2.45) is 0 Å². The molecule has 2 rings (SSSR count). The number of thiazole rings is 1. The van der Waals surface area contributed by atoms with Gasteiger partial charge in [0.25, 0.3) is 0 Å². The molecule has 7 heteroatoms. The number of rotatable bonds is 4. The fourth-order valence-corrected chi connectivity index (χ4v) is 3.48. The molecule has 0 saturated heterocycles. The number of aliphatic hydroxyl groups excluding tert-OH is 1.